The highest BCUT2D eigenvalue weighted by Crippen LogP contribution is 2.23. The first-order valence-electron chi connectivity index (χ1n) is 14.6. The van der Waals surface area contributed by atoms with Gasteiger partial charge in [0.05, 0.1) is 11.7 Å². The molecule has 0 radical (unpaired) electrons. The van der Waals surface area contributed by atoms with E-state index < -0.39 is 29.9 Å². The second kappa shape index (κ2) is 14.5. The van der Waals surface area contributed by atoms with Crippen LogP contribution in [0.5, 0.6) is 0 Å². The molecule has 13 heteroatoms. The summed E-state index contributed by atoms with van der Waals surface area (Å²) in [5.41, 5.74) is 2.54. The molecular formula is C31H34N8O4S. The fourth-order valence-electron chi connectivity index (χ4n) is 4.85. The summed E-state index contributed by atoms with van der Waals surface area (Å²) in [7, 11) is 0. The van der Waals surface area contributed by atoms with Gasteiger partial charge in [0, 0.05) is 18.1 Å². The molecule has 2 bridgehead atoms. The van der Waals surface area contributed by atoms with Crippen LogP contribution in [0.3, 0.4) is 0 Å². The van der Waals surface area contributed by atoms with Gasteiger partial charge in [-0.05, 0) is 55.9 Å². The maximum atomic E-state index is 13.5. The number of pyridine rings is 1. The maximum Gasteiger partial charge on any atom is 0.270 e. The third-order valence-electron chi connectivity index (χ3n) is 7.27. The Bertz CT molecular complexity index is 1590. The lowest BCUT2D eigenvalue weighted by atomic mass is 10.0. The molecule has 1 aliphatic rings. The van der Waals surface area contributed by atoms with Gasteiger partial charge in [0.15, 0.2) is 0 Å². The number of nitrogens with zero attached hydrogens (tertiary/aromatic N) is 3. The van der Waals surface area contributed by atoms with Crippen LogP contribution in [0.1, 0.15) is 70.2 Å². The second-order valence-electron chi connectivity index (χ2n) is 10.5. The van der Waals surface area contributed by atoms with Crippen LogP contribution in [0.2, 0.25) is 0 Å². The van der Waals surface area contributed by atoms with Crippen molar-refractivity contribution < 1.29 is 19.2 Å². The summed E-state index contributed by atoms with van der Waals surface area (Å²) < 4.78 is 0. The highest BCUT2D eigenvalue weighted by Gasteiger charge is 2.29. The number of carbonyl (C=O) groups is 4. The summed E-state index contributed by atoms with van der Waals surface area (Å²) in [6.07, 6.45) is 3.82. The van der Waals surface area contributed by atoms with Crippen LogP contribution in [0.4, 0.5) is 0 Å². The summed E-state index contributed by atoms with van der Waals surface area (Å²) in [5.74, 6) is -1.67. The quantitative estimate of drug-likeness (QED) is 0.222. The number of H-pyrrole nitrogens is 1. The van der Waals surface area contributed by atoms with Gasteiger partial charge >= 0.3 is 0 Å². The summed E-state index contributed by atoms with van der Waals surface area (Å²) in [4.78, 5) is 61.8. The number of aromatic nitrogens is 4. The van der Waals surface area contributed by atoms with Gasteiger partial charge in [-0.15, -0.1) is 11.3 Å². The molecule has 228 valence electrons. The van der Waals surface area contributed by atoms with E-state index in [0.717, 1.165) is 5.56 Å². The second-order valence-corrected chi connectivity index (χ2v) is 11.3. The molecule has 44 heavy (non-hydrogen) atoms. The molecule has 5 N–H and O–H groups in total. The third kappa shape index (κ3) is 7.72. The number of thiazole rings is 1. The van der Waals surface area contributed by atoms with Crippen molar-refractivity contribution >= 4 is 35.0 Å². The van der Waals surface area contributed by atoms with E-state index in [4.69, 9.17) is 0 Å². The molecule has 12 nitrogen and oxygen atoms in total. The number of rotatable bonds is 6. The number of nitrogens with one attached hydrogen (secondary N) is 5. The molecule has 0 saturated carbocycles. The number of benzene rings is 1. The van der Waals surface area contributed by atoms with Gasteiger partial charge < -0.3 is 21.3 Å². The molecule has 0 unspecified atom stereocenters. The molecule has 4 amide bonds. The molecule has 4 aromatic rings. The van der Waals surface area contributed by atoms with Crippen molar-refractivity contribution in [2.24, 2.45) is 0 Å². The van der Waals surface area contributed by atoms with Crippen LogP contribution in [0.15, 0.2) is 66.2 Å². The normalized spacial score (nSPS) is 19.8. The Morgan fingerprint density at radius 3 is 2.52 bits per heavy atom. The van der Waals surface area contributed by atoms with Crippen molar-refractivity contribution in [1.82, 2.24) is 41.4 Å². The van der Waals surface area contributed by atoms with Crippen LogP contribution in [0, 0.1) is 0 Å². The molecular weight excluding hydrogens is 580 g/mol. The Morgan fingerprint density at radius 2 is 1.75 bits per heavy atom. The SMILES string of the molecule is CC[C@H]1NC(=O)[C@@H](NC(=O)c2cc(-c3ccccn3)n[nH]2)CCCCNC(=O)c2csc(n2)[C@H](Cc2ccccc2)NC1=O. The first-order valence-corrected chi connectivity index (χ1v) is 15.4. The van der Waals surface area contributed by atoms with E-state index in [0.29, 0.717) is 60.7 Å². The Balaban J connectivity index is 1.34. The highest BCUT2D eigenvalue weighted by molar-refractivity contribution is 7.09. The first-order chi connectivity index (χ1) is 21.4. The Hall–Kier alpha value is -4.91. The van der Waals surface area contributed by atoms with Gasteiger partial charge in [-0.1, -0.05) is 43.3 Å². The van der Waals surface area contributed by atoms with Crippen molar-refractivity contribution in [3.05, 3.63) is 88.1 Å². The molecule has 1 aromatic carbocycles. The van der Waals surface area contributed by atoms with Crippen molar-refractivity contribution in [3.8, 4) is 11.4 Å². The van der Waals surface area contributed by atoms with Gasteiger partial charge in [0.25, 0.3) is 11.8 Å². The summed E-state index contributed by atoms with van der Waals surface area (Å²) in [6.45, 7) is 2.18. The lowest BCUT2D eigenvalue weighted by molar-refractivity contribution is -0.130. The van der Waals surface area contributed by atoms with Crippen LogP contribution in [-0.2, 0) is 16.0 Å². The Kier molecular flexibility index (Phi) is 10.1. The van der Waals surface area contributed by atoms with Gasteiger partial charge in [-0.2, -0.15) is 5.10 Å². The average molecular weight is 615 g/mol. The summed E-state index contributed by atoms with van der Waals surface area (Å²) in [5, 5.41) is 20.7. The molecule has 0 aliphatic carbocycles. The Labute approximate surface area is 258 Å². The minimum atomic E-state index is -0.923. The largest absolute Gasteiger partial charge is 0.351 e. The molecule has 0 fully saturated rings. The van der Waals surface area contributed by atoms with E-state index in [-0.39, 0.29) is 17.5 Å². The van der Waals surface area contributed by atoms with Gasteiger partial charge in [-0.3, -0.25) is 29.3 Å². The van der Waals surface area contributed by atoms with Gasteiger partial charge in [0.1, 0.15) is 34.2 Å². The van der Waals surface area contributed by atoms with Crippen molar-refractivity contribution in [2.75, 3.05) is 6.54 Å². The lowest BCUT2D eigenvalue weighted by Gasteiger charge is -2.24. The lowest BCUT2D eigenvalue weighted by Crippen LogP contribution is -2.54. The van der Waals surface area contributed by atoms with Crippen molar-refractivity contribution in [1.29, 1.82) is 0 Å². The van der Waals surface area contributed by atoms with Crippen LogP contribution in [-0.4, -0.2) is 62.4 Å². The molecule has 4 heterocycles. The van der Waals surface area contributed by atoms with Crippen LogP contribution in [0.25, 0.3) is 11.4 Å². The topological polar surface area (TPSA) is 171 Å². The fourth-order valence-corrected chi connectivity index (χ4v) is 5.70. The molecule has 3 aromatic heterocycles. The predicted molar refractivity (Wildman–Crippen MR) is 165 cm³/mol. The standard InChI is InChI=1S/C31H34N8O4S/c1-2-20-28(41)36-25(16-19-10-4-3-5-11-19)31-37-26(18-44-31)27(40)33-15-9-7-13-22(29(42)34-20)35-30(43)24-17-23(38-39-24)21-12-6-8-14-32-21/h3-6,8,10-12,14,17-18,20,22,25H,2,7,9,13,15-16H2,1H3,(H,33,40)(H,34,42)(H,35,43)(H,36,41)(H,38,39)/t20-,22+,25+/m1/s1. The predicted octanol–water partition coefficient (Wildman–Crippen LogP) is 2.94. The Morgan fingerprint density at radius 1 is 0.955 bits per heavy atom. The first kappa shape index (κ1) is 30.5. The van der Waals surface area contributed by atoms with E-state index in [1.165, 1.54) is 11.3 Å². The zero-order valence-corrected chi connectivity index (χ0v) is 25.0. The molecule has 0 saturated heterocycles. The average Bonchev–Trinajstić information content (AvgIpc) is 3.74. The smallest absolute Gasteiger partial charge is 0.270 e. The van der Waals surface area contributed by atoms with E-state index >= 15 is 0 Å². The number of carbonyl (C=O) groups excluding carboxylic acids is 4. The van der Waals surface area contributed by atoms with E-state index in [9.17, 15) is 19.2 Å². The molecule has 1 aliphatic heterocycles. The summed E-state index contributed by atoms with van der Waals surface area (Å²) in [6, 6.07) is 14.3. The monoisotopic (exact) mass is 614 g/mol. The number of hydrogen-bond acceptors (Lipinski definition) is 8. The zero-order chi connectivity index (χ0) is 30.9. The summed E-state index contributed by atoms with van der Waals surface area (Å²) >= 11 is 1.30. The minimum Gasteiger partial charge on any atom is -0.351 e. The van der Waals surface area contributed by atoms with Crippen molar-refractivity contribution in [3.63, 3.8) is 0 Å². The van der Waals surface area contributed by atoms with E-state index in [2.05, 4.69) is 41.4 Å². The van der Waals surface area contributed by atoms with Gasteiger partial charge in [0.2, 0.25) is 11.8 Å². The number of amides is 4. The minimum absolute atomic E-state index is 0.174. The van der Waals surface area contributed by atoms with Crippen LogP contribution >= 0.6 is 11.3 Å². The molecule has 3 atom stereocenters. The van der Waals surface area contributed by atoms with Crippen LogP contribution < -0.4 is 21.3 Å². The fraction of sp³-hybridized carbons (Fsp3) is 0.323. The zero-order valence-electron chi connectivity index (χ0n) is 24.2. The number of fused-ring (bicyclic) bond motifs is 2. The maximum absolute atomic E-state index is 13.5. The number of hydrogen-bond donors (Lipinski definition) is 5. The van der Waals surface area contributed by atoms with Crippen molar-refractivity contribution in [2.45, 2.75) is 57.2 Å². The van der Waals surface area contributed by atoms with E-state index in [1.807, 2.05) is 36.4 Å². The molecule has 0 spiro atoms. The number of aromatic amines is 1. The van der Waals surface area contributed by atoms with Gasteiger partial charge in [-0.25, -0.2) is 4.98 Å². The third-order valence-corrected chi connectivity index (χ3v) is 8.23. The molecule has 5 rings (SSSR count). The van der Waals surface area contributed by atoms with E-state index in [1.54, 1.807) is 36.7 Å². The highest BCUT2D eigenvalue weighted by atomic mass is 32.1.